The highest BCUT2D eigenvalue weighted by atomic mass is 16.3. The molecule has 0 radical (unpaired) electrons. The van der Waals surface area contributed by atoms with E-state index < -0.39 is 0 Å². The van der Waals surface area contributed by atoms with Crippen molar-refractivity contribution < 1.29 is 9.21 Å². The molecule has 0 fully saturated rings. The number of nitrogens with zero attached hydrogens (tertiary/aromatic N) is 2. The molecule has 1 amide bonds. The molecule has 0 aliphatic carbocycles. The van der Waals surface area contributed by atoms with E-state index in [1.165, 1.54) is 6.26 Å². The number of fused-ring (bicyclic) bond motifs is 1. The lowest BCUT2D eigenvalue weighted by molar-refractivity contribution is 0.0717. The van der Waals surface area contributed by atoms with Crippen LogP contribution >= 0.6 is 0 Å². The Kier molecular flexibility index (Phi) is 4.93. The van der Waals surface area contributed by atoms with E-state index in [0.29, 0.717) is 24.1 Å². The number of benzene rings is 1. The van der Waals surface area contributed by atoms with Crippen molar-refractivity contribution in [1.29, 1.82) is 0 Å². The molecule has 2 aromatic heterocycles. The Morgan fingerprint density at radius 2 is 1.92 bits per heavy atom. The molecule has 1 aromatic carbocycles. The van der Waals surface area contributed by atoms with Crippen LogP contribution in [-0.2, 0) is 6.54 Å². The average Bonchev–Trinajstić information content (AvgIpc) is 2.62. The molecule has 5 heteroatoms. The third-order valence-electron chi connectivity index (χ3n) is 3.86. The Morgan fingerprint density at radius 3 is 2.64 bits per heavy atom. The minimum Gasteiger partial charge on any atom is -0.463 e. The minimum absolute atomic E-state index is 0.0512. The van der Waals surface area contributed by atoms with Gasteiger partial charge in [0.05, 0.1) is 17.6 Å². The lowest BCUT2D eigenvalue weighted by Gasteiger charge is -2.24. The van der Waals surface area contributed by atoms with Gasteiger partial charge in [-0.2, -0.15) is 0 Å². The van der Waals surface area contributed by atoms with Crippen molar-refractivity contribution in [2.45, 2.75) is 20.4 Å². The predicted octanol–water partition coefficient (Wildman–Crippen LogP) is 3.49. The van der Waals surface area contributed by atoms with Crippen LogP contribution in [0, 0.1) is 5.92 Å². The van der Waals surface area contributed by atoms with Crippen LogP contribution in [0.2, 0.25) is 0 Å². The van der Waals surface area contributed by atoms with Crippen LogP contribution in [0.5, 0.6) is 0 Å². The minimum atomic E-state index is -0.334. The second-order valence-corrected chi connectivity index (χ2v) is 6.38. The van der Waals surface area contributed by atoms with Crippen LogP contribution < -0.4 is 5.43 Å². The number of amides is 1. The molecule has 3 aromatic rings. The van der Waals surface area contributed by atoms with Crippen LogP contribution in [0.1, 0.15) is 29.9 Å². The van der Waals surface area contributed by atoms with Crippen molar-refractivity contribution >= 4 is 16.9 Å². The van der Waals surface area contributed by atoms with Gasteiger partial charge in [0.15, 0.2) is 0 Å². The molecule has 0 saturated carbocycles. The summed E-state index contributed by atoms with van der Waals surface area (Å²) in [6.07, 6.45) is 2.95. The highest BCUT2D eigenvalue weighted by molar-refractivity contribution is 5.96. The third-order valence-corrected chi connectivity index (χ3v) is 3.86. The van der Waals surface area contributed by atoms with Gasteiger partial charge in [-0.05, 0) is 30.2 Å². The highest BCUT2D eigenvalue weighted by Crippen LogP contribution is 2.14. The molecule has 0 unspecified atom stereocenters. The molecule has 0 N–H and O–H groups in total. The molecule has 0 bridgehead atoms. The fourth-order valence-corrected chi connectivity index (χ4v) is 2.74. The van der Waals surface area contributed by atoms with Crippen LogP contribution in [0.15, 0.2) is 64.1 Å². The highest BCUT2D eigenvalue weighted by Gasteiger charge is 2.22. The third kappa shape index (κ3) is 3.76. The van der Waals surface area contributed by atoms with Crippen LogP contribution in [-0.4, -0.2) is 22.3 Å². The molecule has 0 aliphatic heterocycles. The quantitative estimate of drug-likeness (QED) is 0.715. The lowest BCUT2D eigenvalue weighted by Crippen LogP contribution is -2.36. The summed E-state index contributed by atoms with van der Waals surface area (Å²) in [4.78, 5) is 31.6. The van der Waals surface area contributed by atoms with Crippen LogP contribution in [0.3, 0.4) is 0 Å². The first-order valence-corrected chi connectivity index (χ1v) is 8.26. The van der Waals surface area contributed by atoms with Crippen LogP contribution in [0.4, 0.5) is 0 Å². The van der Waals surface area contributed by atoms with E-state index in [1.54, 1.807) is 35.4 Å². The van der Waals surface area contributed by atoms with E-state index >= 15 is 0 Å². The van der Waals surface area contributed by atoms with Gasteiger partial charge >= 0.3 is 0 Å². The first kappa shape index (κ1) is 16.9. The molecule has 2 heterocycles. The molecular formula is C20H20N2O3. The molecule has 25 heavy (non-hydrogen) atoms. The zero-order valence-electron chi connectivity index (χ0n) is 14.3. The van der Waals surface area contributed by atoms with Crippen molar-refractivity contribution in [3.8, 4) is 0 Å². The summed E-state index contributed by atoms with van der Waals surface area (Å²) in [5, 5.41) is 0.413. The number of rotatable bonds is 5. The number of aromatic nitrogens is 1. The normalized spacial score (nSPS) is 11.0. The Balaban J connectivity index is 1.97. The number of para-hydroxylation sites is 1. The largest absolute Gasteiger partial charge is 0.463 e. The molecule has 128 valence electrons. The van der Waals surface area contributed by atoms with Gasteiger partial charge in [-0.15, -0.1) is 0 Å². The van der Waals surface area contributed by atoms with E-state index in [2.05, 4.69) is 4.98 Å². The van der Waals surface area contributed by atoms with E-state index in [-0.39, 0.29) is 22.8 Å². The van der Waals surface area contributed by atoms with E-state index in [9.17, 15) is 9.59 Å². The standard InChI is InChI=1S/C20H20N2O3/c1-14(2)11-22(12-15-7-5-6-10-21-15)20(24)17-13-25-18-9-4-3-8-16(18)19(17)23/h3-10,13-14H,11-12H2,1-2H3. The van der Waals surface area contributed by atoms with Gasteiger partial charge in [0, 0.05) is 12.7 Å². The number of carbonyl (C=O) groups is 1. The van der Waals surface area contributed by atoms with Gasteiger partial charge < -0.3 is 9.32 Å². The predicted molar refractivity (Wildman–Crippen MR) is 96.3 cm³/mol. The van der Waals surface area contributed by atoms with Crippen molar-refractivity contribution in [1.82, 2.24) is 9.88 Å². The van der Waals surface area contributed by atoms with Crippen molar-refractivity contribution in [3.05, 3.63) is 76.4 Å². The monoisotopic (exact) mass is 336 g/mol. The Morgan fingerprint density at radius 1 is 1.16 bits per heavy atom. The summed E-state index contributed by atoms with van der Waals surface area (Å²) in [6, 6.07) is 12.5. The first-order chi connectivity index (χ1) is 12.1. The van der Waals surface area contributed by atoms with Crippen molar-refractivity contribution in [2.24, 2.45) is 5.92 Å². The fraction of sp³-hybridized carbons (Fsp3) is 0.250. The number of carbonyl (C=O) groups excluding carboxylic acids is 1. The van der Waals surface area contributed by atoms with Crippen LogP contribution in [0.25, 0.3) is 11.0 Å². The van der Waals surface area contributed by atoms with Gasteiger partial charge in [0.2, 0.25) is 5.43 Å². The summed E-state index contributed by atoms with van der Waals surface area (Å²) >= 11 is 0. The summed E-state index contributed by atoms with van der Waals surface area (Å²) in [7, 11) is 0. The molecule has 0 aliphatic rings. The van der Waals surface area contributed by atoms with Gasteiger partial charge in [0.25, 0.3) is 5.91 Å². The molecule has 0 atom stereocenters. The lowest BCUT2D eigenvalue weighted by atomic mass is 10.1. The number of hydrogen-bond donors (Lipinski definition) is 0. The second kappa shape index (κ2) is 7.30. The van der Waals surface area contributed by atoms with Gasteiger partial charge in [-0.25, -0.2) is 0 Å². The molecule has 5 nitrogen and oxygen atoms in total. The van der Waals surface area contributed by atoms with Crippen molar-refractivity contribution in [3.63, 3.8) is 0 Å². The molecule has 3 rings (SSSR count). The number of pyridine rings is 1. The maximum Gasteiger partial charge on any atom is 0.261 e. The van der Waals surface area contributed by atoms with Crippen molar-refractivity contribution in [2.75, 3.05) is 6.54 Å². The first-order valence-electron chi connectivity index (χ1n) is 8.26. The van der Waals surface area contributed by atoms with Gasteiger partial charge in [0.1, 0.15) is 17.4 Å². The summed E-state index contributed by atoms with van der Waals surface area (Å²) in [5.41, 5.74) is 1.00. The Labute approximate surface area is 145 Å². The topological polar surface area (TPSA) is 63.4 Å². The van der Waals surface area contributed by atoms with Gasteiger partial charge in [-0.1, -0.05) is 32.0 Å². The summed E-state index contributed by atoms with van der Waals surface area (Å²) in [6.45, 7) is 4.94. The SMILES string of the molecule is CC(C)CN(Cc1ccccn1)C(=O)c1coc2ccccc2c1=O. The molecule has 0 saturated heterocycles. The Bertz CT molecular complexity index is 932. The maximum absolute atomic E-state index is 13.0. The van der Waals surface area contributed by atoms with Gasteiger partial charge in [-0.3, -0.25) is 14.6 Å². The molecule has 0 spiro atoms. The molecular weight excluding hydrogens is 316 g/mol. The maximum atomic E-state index is 13.0. The second-order valence-electron chi connectivity index (χ2n) is 6.38. The zero-order chi connectivity index (χ0) is 17.8. The van der Waals surface area contributed by atoms with E-state index in [4.69, 9.17) is 4.42 Å². The fourth-order valence-electron chi connectivity index (χ4n) is 2.74. The van der Waals surface area contributed by atoms with E-state index in [1.807, 2.05) is 32.0 Å². The number of hydrogen-bond acceptors (Lipinski definition) is 4. The summed E-state index contributed by atoms with van der Waals surface area (Å²) in [5.74, 6) is -0.0704. The smallest absolute Gasteiger partial charge is 0.261 e. The van der Waals surface area contributed by atoms with E-state index in [0.717, 1.165) is 5.69 Å². The summed E-state index contributed by atoms with van der Waals surface area (Å²) < 4.78 is 5.49. The Hall–Kier alpha value is -2.95. The zero-order valence-corrected chi connectivity index (χ0v) is 14.3. The average molecular weight is 336 g/mol.